The number of ether oxygens (including phenoxy) is 2. The van der Waals surface area contributed by atoms with E-state index in [0.717, 1.165) is 12.0 Å². The van der Waals surface area contributed by atoms with Crippen molar-refractivity contribution in [3.05, 3.63) is 35.4 Å². The van der Waals surface area contributed by atoms with Gasteiger partial charge in [0.1, 0.15) is 6.10 Å². The van der Waals surface area contributed by atoms with Crippen LogP contribution in [0.4, 0.5) is 0 Å². The molecule has 96 valence electrons. The van der Waals surface area contributed by atoms with Gasteiger partial charge in [-0.3, -0.25) is 0 Å². The second-order valence-corrected chi connectivity index (χ2v) is 4.28. The van der Waals surface area contributed by atoms with Crippen LogP contribution in [0.2, 0.25) is 0 Å². The first-order valence-corrected chi connectivity index (χ1v) is 6.00. The van der Waals surface area contributed by atoms with Crippen LogP contribution < -0.4 is 0 Å². The van der Waals surface area contributed by atoms with Gasteiger partial charge in [0.25, 0.3) is 0 Å². The first kappa shape index (κ1) is 14.2. The summed E-state index contributed by atoms with van der Waals surface area (Å²) in [6.07, 6.45) is 0.0780. The van der Waals surface area contributed by atoms with E-state index in [1.54, 1.807) is 7.11 Å². The predicted octanol–water partition coefficient (Wildman–Crippen LogP) is 2.47. The molecule has 0 aliphatic carbocycles. The van der Waals surface area contributed by atoms with Crippen LogP contribution in [0.3, 0.4) is 0 Å². The van der Waals surface area contributed by atoms with Gasteiger partial charge < -0.3 is 14.6 Å². The minimum absolute atomic E-state index is 0.199. The van der Waals surface area contributed by atoms with Crippen LogP contribution in [0.15, 0.2) is 24.3 Å². The molecule has 0 radical (unpaired) electrons. The van der Waals surface area contributed by atoms with Crippen LogP contribution in [-0.4, -0.2) is 31.5 Å². The highest BCUT2D eigenvalue weighted by molar-refractivity contribution is 5.23. The molecule has 0 amide bonds. The maximum Gasteiger partial charge on any atom is 0.105 e. The minimum atomic E-state index is -0.571. The smallest absolute Gasteiger partial charge is 0.105 e. The Balaban J connectivity index is 2.40. The number of aliphatic hydroxyl groups is 1. The third-order valence-electron chi connectivity index (χ3n) is 2.74. The Morgan fingerprint density at radius 3 is 2.41 bits per heavy atom. The Bertz CT molecular complexity index is 308. The summed E-state index contributed by atoms with van der Waals surface area (Å²) < 4.78 is 10.5. The van der Waals surface area contributed by atoms with Gasteiger partial charge >= 0.3 is 0 Å². The van der Waals surface area contributed by atoms with Gasteiger partial charge in [0.05, 0.1) is 6.10 Å². The number of hydrogen-bond donors (Lipinski definition) is 1. The molecular formula is C14H22O3. The van der Waals surface area contributed by atoms with E-state index in [4.69, 9.17) is 9.47 Å². The van der Waals surface area contributed by atoms with Crippen molar-refractivity contribution in [2.75, 3.05) is 20.3 Å². The van der Waals surface area contributed by atoms with Crippen LogP contribution in [0.1, 0.15) is 30.6 Å². The summed E-state index contributed by atoms with van der Waals surface area (Å²) in [7, 11) is 1.67. The van der Waals surface area contributed by atoms with Crippen LogP contribution in [0, 0.1) is 6.92 Å². The highest BCUT2D eigenvalue weighted by atomic mass is 16.5. The number of aryl methyl sites for hydroxylation is 1. The summed E-state index contributed by atoms with van der Waals surface area (Å²) in [5, 5.41) is 10.1. The molecule has 2 atom stereocenters. The van der Waals surface area contributed by atoms with Crippen molar-refractivity contribution >= 4 is 0 Å². The Kier molecular flexibility index (Phi) is 6.19. The molecule has 1 aromatic rings. The zero-order valence-corrected chi connectivity index (χ0v) is 10.8. The van der Waals surface area contributed by atoms with E-state index < -0.39 is 6.10 Å². The number of benzene rings is 1. The standard InChI is InChI=1S/C14H22O3/c1-11-5-7-13(8-6-11)14(15)12(2)17-10-4-9-16-3/h5-8,12,14-15H,4,9-10H2,1-3H3. The lowest BCUT2D eigenvalue weighted by molar-refractivity contribution is -0.0328. The maximum atomic E-state index is 10.1. The molecule has 0 aliphatic rings. The first-order valence-electron chi connectivity index (χ1n) is 6.00. The molecule has 3 nitrogen and oxygen atoms in total. The molecule has 0 aromatic heterocycles. The molecule has 1 aromatic carbocycles. The number of hydrogen-bond acceptors (Lipinski definition) is 3. The molecule has 1 N–H and O–H groups in total. The molecule has 0 saturated heterocycles. The van der Waals surface area contributed by atoms with Gasteiger partial charge in [-0.05, 0) is 25.8 Å². The Morgan fingerprint density at radius 2 is 1.82 bits per heavy atom. The molecule has 0 heterocycles. The normalized spacial score (nSPS) is 14.6. The van der Waals surface area contributed by atoms with Crippen molar-refractivity contribution < 1.29 is 14.6 Å². The van der Waals surface area contributed by atoms with Gasteiger partial charge in [-0.1, -0.05) is 29.8 Å². The monoisotopic (exact) mass is 238 g/mol. The van der Waals surface area contributed by atoms with Gasteiger partial charge in [0.15, 0.2) is 0 Å². The molecule has 0 fully saturated rings. The van der Waals surface area contributed by atoms with E-state index in [-0.39, 0.29) is 6.10 Å². The quantitative estimate of drug-likeness (QED) is 0.742. The summed E-state index contributed by atoms with van der Waals surface area (Å²) in [5.74, 6) is 0. The molecule has 17 heavy (non-hydrogen) atoms. The molecule has 0 spiro atoms. The molecule has 0 bridgehead atoms. The van der Waals surface area contributed by atoms with Crippen molar-refractivity contribution in [1.82, 2.24) is 0 Å². The van der Waals surface area contributed by atoms with Gasteiger partial charge in [0, 0.05) is 20.3 Å². The average Bonchev–Trinajstić information content (AvgIpc) is 2.34. The number of methoxy groups -OCH3 is 1. The van der Waals surface area contributed by atoms with Gasteiger partial charge in [-0.2, -0.15) is 0 Å². The molecule has 0 saturated carbocycles. The fraction of sp³-hybridized carbons (Fsp3) is 0.571. The van der Waals surface area contributed by atoms with Crippen LogP contribution in [0.25, 0.3) is 0 Å². The highest BCUT2D eigenvalue weighted by Gasteiger charge is 2.16. The van der Waals surface area contributed by atoms with E-state index in [2.05, 4.69) is 0 Å². The summed E-state index contributed by atoms with van der Waals surface area (Å²) >= 11 is 0. The SMILES string of the molecule is COCCCOC(C)C(O)c1ccc(C)cc1. The minimum Gasteiger partial charge on any atom is -0.386 e. The third kappa shape index (κ3) is 4.86. The maximum absolute atomic E-state index is 10.1. The fourth-order valence-corrected chi connectivity index (χ4v) is 1.60. The summed E-state index contributed by atoms with van der Waals surface area (Å²) in [6, 6.07) is 7.87. The highest BCUT2D eigenvalue weighted by Crippen LogP contribution is 2.19. The zero-order chi connectivity index (χ0) is 12.7. The van der Waals surface area contributed by atoms with Gasteiger partial charge in [0.2, 0.25) is 0 Å². The fourth-order valence-electron chi connectivity index (χ4n) is 1.60. The Hall–Kier alpha value is -0.900. The molecule has 3 heteroatoms. The molecule has 0 aliphatic heterocycles. The number of rotatable bonds is 7. The topological polar surface area (TPSA) is 38.7 Å². The summed E-state index contributed by atoms with van der Waals surface area (Å²) in [6.45, 7) is 5.21. The summed E-state index contributed by atoms with van der Waals surface area (Å²) in [4.78, 5) is 0. The van der Waals surface area contributed by atoms with Crippen LogP contribution in [0.5, 0.6) is 0 Å². The van der Waals surface area contributed by atoms with E-state index in [0.29, 0.717) is 13.2 Å². The zero-order valence-electron chi connectivity index (χ0n) is 10.8. The van der Waals surface area contributed by atoms with Crippen molar-refractivity contribution in [3.8, 4) is 0 Å². The third-order valence-corrected chi connectivity index (χ3v) is 2.74. The lowest BCUT2D eigenvalue weighted by Gasteiger charge is -2.20. The Morgan fingerprint density at radius 1 is 1.18 bits per heavy atom. The van der Waals surface area contributed by atoms with E-state index in [1.807, 2.05) is 38.1 Å². The molecule has 1 rings (SSSR count). The van der Waals surface area contributed by atoms with Crippen LogP contribution in [-0.2, 0) is 9.47 Å². The van der Waals surface area contributed by atoms with E-state index >= 15 is 0 Å². The van der Waals surface area contributed by atoms with Gasteiger partial charge in [-0.15, -0.1) is 0 Å². The predicted molar refractivity (Wildman–Crippen MR) is 68.0 cm³/mol. The molecular weight excluding hydrogens is 216 g/mol. The molecule has 2 unspecified atom stereocenters. The average molecular weight is 238 g/mol. The lowest BCUT2D eigenvalue weighted by Crippen LogP contribution is -2.19. The largest absolute Gasteiger partial charge is 0.386 e. The first-order chi connectivity index (χ1) is 8.15. The number of aliphatic hydroxyl groups excluding tert-OH is 1. The summed E-state index contributed by atoms with van der Waals surface area (Å²) in [5.41, 5.74) is 2.09. The van der Waals surface area contributed by atoms with Crippen molar-refractivity contribution in [3.63, 3.8) is 0 Å². The van der Waals surface area contributed by atoms with Crippen molar-refractivity contribution in [2.45, 2.75) is 32.5 Å². The van der Waals surface area contributed by atoms with Crippen LogP contribution >= 0.6 is 0 Å². The van der Waals surface area contributed by atoms with E-state index in [9.17, 15) is 5.11 Å². The van der Waals surface area contributed by atoms with Crippen molar-refractivity contribution in [2.24, 2.45) is 0 Å². The second-order valence-electron chi connectivity index (χ2n) is 4.28. The van der Waals surface area contributed by atoms with E-state index in [1.165, 1.54) is 5.56 Å². The van der Waals surface area contributed by atoms with Crippen molar-refractivity contribution in [1.29, 1.82) is 0 Å². The lowest BCUT2D eigenvalue weighted by atomic mass is 10.0. The van der Waals surface area contributed by atoms with Gasteiger partial charge in [-0.25, -0.2) is 0 Å². The second kappa shape index (κ2) is 7.43. The Labute approximate surface area is 103 Å².